The number of likely N-dealkylation sites (tertiary alicyclic amines) is 1. The van der Waals surface area contributed by atoms with Crippen LogP contribution in [0, 0.1) is 5.41 Å². The van der Waals surface area contributed by atoms with E-state index in [2.05, 4.69) is 5.32 Å². The van der Waals surface area contributed by atoms with Crippen LogP contribution < -0.4 is 5.32 Å². The predicted molar refractivity (Wildman–Crippen MR) is 87.1 cm³/mol. The second kappa shape index (κ2) is 7.09. The van der Waals surface area contributed by atoms with E-state index >= 15 is 0 Å². The van der Waals surface area contributed by atoms with Gasteiger partial charge in [0.15, 0.2) is 0 Å². The van der Waals surface area contributed by atoms with Crippen LogP contribution in [0.1, 0.15) is 38.5 Å². The van der Waals surface area contributed by atoms with Crippen molar-refractivity contribution in [3.63, 3.8) is 0 Å². The van der Waals surface area contributed by atoms with E-state index in [1.807, 2.05) is 4.90 Å². The van der Waals surface area contributed by atoms with Gasteiger partial charge >= 0.3 is 0 Å². The zero-order valence-corrected chi connectivity index (χ0v) is 14.4. The summed E-state index contributed by atoms with van der Waals surface area (Å²) >= 11 is 0. The summed E-state index contributed by atoms with van der Waals surface area (Å²) in [5.41, 5.74) is -0.516. The summed E-state index contributed by atoms with van der Waals surface area (Å²) in [5, 5.41) is 2.77. The quantitative estimate of drug-likeness (QED) is 0.792. The van der Waals surface area contributed by atoms with Gasteiger partial charge in [-0.25, -0.2) is 0 Å². The number of nitrogens with one attached hydrogen (secondary N) is 1. The van der Waals surface area contributed by atoms with Gasteiger partial charge in [-0.15, -0.1) is 0 Å². The molecule has 2 heterocycles. The lowest BCUT2D eigenvalue weighted by atomic mass is 9.64. The Labute approximate surface area is 142 Å². The fraction of sp³-hybridized carbons (Fsp3) is 0.824. The van der Waals surface area contributed by atoms with Crippen molar-refractivity contribution < 1.29 is 19.1 Å². The first-order chi connectivity index (χ1) is 11.6. The molecular formula is C17H27N3O4. The molecule has 2 atom stereocenters. The highest BCUT2D eigenvalue weighted by molar-refractivity contribution is 5.91. The SMILES string of the molecule is COCCN1C(=O)CC[C@]2(C(=O)N3CCNC(=O)C3)CCCC[C@@H]12. The van der Waals surface area contributed by atoms with Crippen LogP contribution in [-0.2, 0) is 19.1 Å². The number of rotatable bonds is 4. The van der Waals surface area contributed by atoms with Crippen molar-refractivity contribution in [2.75, 3.05) is 39.9 Å². The van der Waals surface area contributed by atoms with E-state index in [-0.39, 0.29) is 30.3 Å². The lowest BCUT2D eigenvalue weighted by Crippen LogP contribution is -2.64. The Morgan fingerprint density at radius 2 is 2.17 bits per heavy atom. The molecule has 1 N–H and O–H groups in total. The topological polar surface area (TPSA) is 79.0 Å². The normalized spacial score (nSPS) is 30.8. The number of carbonyl (C=O) groups excluding carboxylic acids is 3. The summed E-state index contributed by atoms with van der Waals surface area (Å²) in [6.07, 6.45) is 4.74. The van der Waals surface area contributed by atoms with E-state index in [9.17, 15) is 14.4 Å². The number of fused-ring (bicyclic) bond motifs is 1. The molecule has 24 heavy (non-hydrogen) atoms. The molecule has 0 spiro atoms. The van der Waals surface area contributed by atoms with Crippen LogP contribution in [0.4, 0.5) is 0 Å². The van der Waals surface area contributed by atoms with Crippen molar-refractivity contribution in [2.24, 2.45) is 5.41 Å². The van der Waals surface area contributed by atoms with Gasteiger partial charge in [-0.05, 0) is 19.3 Å². The van der Waals surface area contributed by atoms with Crippen molar-refractivity contribution in [3.05, 3.63) is 0 Å². The molecule has 7 heteroatoms. The minimum atomic E-state index is -0.516. The van der Waals surface area contributed by atoms with Crippen LogP contribution in [0.25, 0.3) is 0 Å². The number of carbonyl (C=O) groups is 3. The molecule has 1 saturated carbocycles. The Morgan fingerprint density at radius 3 is 2.92 bits per heavy atom. The van der Waals surface area contributed by atoms with Gasteiger partial charge in [-0.1, -0.05) is 12.8 Å². The highest BCUT2D eigenvalue weighted by Crippen LogP contribution is 2.47. The van der Waals surface area contributed by atoms with E-state index in [0.717, 1.165) is 25.7 Å². The molecule has 3 amide bonds. The highest BCUT2D eigenvalue weighted by Gasteiger charge is 2.54. The third-order valence-electron chi connectivity index (χ3n) is 5.76. The van der Waals surface area contributed by atoms with E-state index in [1.54, 1.807) is 12.0 Å². The third-order valence-corrected chi connectivity index (χ3v) is 5.76. The largest absolute Gasteiger partial charge is 0.383 e. The number of hydrogen-bond donors (Lipinski definition) is 1. The fourth-order valence-electron chi connectivity index (χ4n) is 4.57. The maximum atomic E-state index is 13.4. The molecule has 1 aliphatic carbocycles. The van der Waals surface area contributed by atoms with Crippen molar-refractivity contribution in [3.8, 4) is 0 Å². The lowest BCUT2D eigenvalue weighted by Gasteiger charge is -2.52. The minimum Gasteiger partial charge on any atom is -0.383 e. The number of methoxy groups -OCH3 is 1. The second-order valence-corrected chi connectivity index (χ2v) is 7.07. The number of amides is 3. The van der Waals surface area contributed by atoms with E-state index in [1.165, 1.54) is 0 Å². The summed E-state index contributed by atoms with van der Waals surface area (Å²) in [7, 11) is 1.63. The number of hydrogen-bond acceptors (Lipinski definition) is 4. The van der Waals surface area contributed by atoms with Crippen LogP contribution in [-0.4, -0.2) is 73.5 Å². The Balaban J connectivity index is 1.85. The maximum absolute atomic E-state index is 13.4. The van der Waals surface area contributed by atoms with E-state index in [4.69, 9.17) is 4.74 Å². The lowest BCUT2D eigenvalue weighted by molar-refractivity contribution is -0.164. The number of nitrogens with zero attached hydrogens (tertiary/aromatic N) is 2. The average Bonchev–Trinajstić information content (AvgIpc) is 2.60. The van der Waals surface area contributed by atoms with Gasteiger partial charge in [0.05, 0.1) is 18.6 Å². The van der Waals surface area contributed by atoms with E-state index < -0.39 is 5.41 Å². The Bertz CT molecular complexity index is 524. The second-order valence-electron chi connectivity index (χ2n) is 7.07. The Kier molecular flexibility index (Phi) is 5.08. The zero-order valence-electron chi connectivity index (χ0n) is 14.4. The number of piperidine rings is 1. The Morgan fingerprint density at radius 1 is 1.33 bits per heavy atom. The van der Waals surface area contributed by atoms with Crippen molar-refractivity contribution in [2.45, 2.75) is 44.6 Å². The van der Waals surface area contributed by atoms with Crippen LogP contribution in [0.5, 0.6) is 0 Å². The van der Waals surface area contributed by atoms with E-state index in [0.29, 0.717) is 39.1 Å². The summed E-state index contributed by atoms with van der Waals surface area (Å²) in [4.78, 5) is 41.0. The number of ether oxygens (including phenoxy) is 1. The summed E-state index contributed by atoms with van der Waals surface area (Å²) in [6, 6.07) is -0.0554. The van der Waals surface area contributed by atoms with Gasteiger partial charge < -0.3 is 19.9 Å². The van der Waals surface area contributed by atoms with Gasteiger partial charge in [0.2, 0.25) is 17.7 Å². The Hall–Kier alpha value is -1.63. The monoisotopic (exact) mass is 337 g/mol. The molecule has 134 valence electrons. The molecule has 3 aliphatic rings. The summed E-state index contributed by atoms with van der Waals surface area (Å²) < 4.78 is 5.15. The van der Waals surface area contributed by atoms with Crippen LogP contribution in [0.3, 0.4) is 0 Å². The van der Waals surface area contributed by atoms with Crippen LogP contribution >= 0.6 is 0 Å². The molecule has 0 radical (unpaired) electrons. The predicted octanol–water partition coefficient (Wildman–Crippen LogP) is 0.143. The van der Waals surface area contributed by atoms with Crippen LogP contribution in [0.15, 0.2) is 0 Å². The van der Waals surface area contributed by atoms with Gasteiger partial charge in [0.25, 0.3) is 0 Å². The molecule has 0 bridgehead atoms. The minimum absolute atomic E-state index is 0.0554. The average molecular weight is 337 g/mol. The first-order valence-corrected chi connectivity index (χ1v) is 8.93. The first-order valence-electron chi connectivity index (χ1n) is 8.93. The zero-order chi connectivity index (χ0) is 17.2. The molecule has 2 aliphatic heterocycles. The molecule has 0 unspecified atom stereocenters. The fourth-order valence-corrected chi connectivity index (χ4v) is 4.57. The molecule has 3 rings (SSSR count). The summed E-state index contributed by atoms with van der Waals surface area (Å²) in [6.45, 7) is 2.23. The molecule has 0 aromatic carbocycles. The molecule has 3 fully saturated rings. The van der Waals surface area contributed by atoms with Crippen molar-refractivity contribution >= 4 is 17.7 Å². The van der Waals surface area contributed by atoms with Crippen molar-refractivity contribution in [1.29, 1.82) is 0 Å². The van der Waals surface area contributed by atoms with Gasteiger partial charge in [-0.3, -0.25) is 14.4 Å². The van der Waals surface area contributed by atoms with Gasteiger partial charge in [-0.2, -0.15) is 0 Å². The standard InChI is InChI=1S/C17H27N3O4/c1-24-11-10-20-13-4-2-3-6-17(13,7-5-15(20)22)16(23)19-9-8-18-14(21)12-19/h13H,2-12H2,1H3,(H,18,21)/t13-,17-/m1/s1. The molecule has 0 aromatic heterocycles. The van der Waals surface area contributed by atoms with Crippen molar-refractivity contribution in [1.82, 2.24) is 15.1 Å². The maximum Gasteiger partial charge on any atom is 0.239 e. The summed E-state index contributed by atoms with van der Waals surface area (Å²) in [5.74, 6) is 0.0946. The smallest absolute Gasteiger partial charge is 0.239 e. The highest BCUT2D eigenvalue weighted by atomic mass is 16.5. The molecule has 0 aromatic rings. The molecular weight excluding hydrogens is 310 g/mol. The molecule has 7 nitrogen and oxygen atoms in total. The molecule has 2 saturated heterocycles. The van der Waals surface area contributed by atoms with Gasteiger partial charge in [0, 0.05) is 39.2 Å². The number of piperazine rings is 1. The first kappa shape index (κ1) is 17.2. The van der Waals surface area contributed by atoms with Crippen LogP contribution in [0.2, 0.25) is 0 Å². The van der Waals surface area contributed by atoms with Gasteiger partial charge in [0.1, 0.15) is 0 Å². The third kappa shape index (κ3) is 3.01.